The lowest BCUT2D eigenvalue weighted by Crippen LogP contribution is -2.38. The molecule has 0 saturated carbocycles. The summed E-state index contributed by atoms with van der Waals surface area (Å²) < 4.78 is 0. The van der Waals surface area contributed by atoms with Gasteiger partial charge in [-0.1, -0.05) is 12.8 Å². The molecule has 0 aromatic heterocycles. The molecule has 17 heavy (non-hydrogen) atoms. The molecule has 1 heterocycles. The van der Waals surface area contributed by atoms with Gasteiger partial charge >= 0.3 is 0 Å². The third-order valence-electron chi connectivity index (χ3n) is 3.05. The Kier molecular flexibility index (Phi) is 6.43. The van der Waals surface area contributed by atoms with E-state index in [4.69, 9.17) is 0 Å². The van der Waals surface area contributed by atoms with E-state index in [1.54, 1.807) is 7.05 Å². The molecule has 1 aliphatic heterocycles. The minimum Gasteiger partial charge on any atom is -0.359 e. The number of amides is 1. The van der Waals surface area contributed by atoms with Crippen LogP contribution in [0.4, 0.5) is 0 Å². The summed E-state index contributed by atoms with van der Waals surface area (Å²) in [6.07, 6.45) is 5.36. The second-order valence-electron chi connectivity index (χ2n) is 4.29. The van der Waals surface area contributed by atoms with Crippen LogP contribution in [0.25, 0.3) is 0 Å². The maximum atomic E-state index is 11.9. The van der Waals surface area contributed by atoms with E-state index in [2.05, 4.69) is 15.6 Å². The minimum absolute atomic E-state index is 0.256. The summed E-state index contributed by atoms with van der Waals surface area (Å²) in [6, 6.07) is 0. The lowest BCUT2D eigenvalue weighted by atomic mass is 10.2. The van der Waals surface area contributed by atoms with E-state index in [9.17, 15) is 4.79 Å². The molecule has 1 amide bonds. The normalized spacial score (nSPS) is 17.5. The van der Waals surface area contributed by atoms with Gasteiger partial charge in [0.1, 0.15) is 0 Å². The first-order valence-corrected chi connectivity index (χ1v) is 6.44. The molecule has 0 aliphatic carbocycles. The van der Waals surface area contributed by atoms with Crippen LogP contribution in [0.1, 0.15) is 32.1 Å². The van der Waals surface area contributed by atoms with Gasteiger partial charge in [0, 0.05) is 40.2 Å². The van der Waals surface area contributed by atoms with Crippen LogP contribution in [0, 0.1) is 0 Å². The topological polar surface area (TPSA) is 56.7 Å². The number of carbonyl (C=O) groups excluding carboxylic acids is 1. The molecule has 98 valence electrons. The average molecular weight is 240 g/mol. The number of hydrogen-bond acceptors (Lipinski definition) is 2. The van der Waals surface area contributed by atoms with Crippen molar-refractivity contribution in [1.82, 2.24) is 15.5 Å². The largest absolute Gasteiger partial charge is 0.359 e. The van der Waals surface area contributed by atoms with Crippen molar-refractivity contribution >= 4 is 11.9 Å². The Morgan fingerprint density at radius 3 is 2.41 bits per heavy atom. The van der Waals surface area contributed by atoms with Crippen molar-refractivity contribution in [1.29, 1.82) is 0 Å². The standard InChI is InChI=1S/C12H24N4O/c1-13-12(14-2)15-8-7-11(17)16-9-5-3-4-6-10-16/h3-10H2,1-2H3,(H2,13,14,15). The van der Waals surface area contributed by atoms with Gasteiger partial charge in [0.2, 0.25) is 5.91 Å². The highest BCUT2D eigenvalue weighted by Crippen LogP contribution is 2.10. The predicted octanol–water partition coefficient (Wildman–Crippen LogP) is 0.574. The Hall–Kier alpha value is -1.26. The van der Waals surface area contributed by atoms with Crippen LogP contribution in [-0.4, -0.2) is 50.5 Å². The van der Waals surface area contributed by atoms with Crippen molar-refractivity contribution in [2.45, 2.75) is 32.1 Å². The molecular weight excluding hydrogens is 216 g/mol. The summed E-state index contributed by atoms with van der Waals surface area (Å²) in [7, 11) is 3.53. The second kappa shape index (κ2) is 7.92. The number of likely N-dealkylation sites (tertiary alicyclic amines) is 1. The van der Waals surface area contributed by atoms with Crippen LogP contribution >= 0.6 is 0 Å². The molecule has 5 nitrogen and oxygen atoms in total. The van der Waals surface area contributed by atoms with Crippen molar-refractivity contribution in [2.75, 3.05) is 33.7 Å². The van der Waals surface area contributed by atoms with Crippen molar-refractivity contribution in [3.8, 4) is 0 Å². The van der Waals surface area contributed by atoms with Gasteiger partial charge in [-0.05, 0) is 12.8 Å². The molecular formula is C12H24N4O. The van der Waals surface area contributed by atoms with Crippen molar-refractivity contribution in [2.24, 2.45) is 4.99 Å². The third kappa shape index (κ3) is 5.06. The van der Waals surface area contributed by atoms with Gasteiger partial charge in [0.15, 0.2) is 5.96 Å². The van der Waals surface area contributed by atoms with E-state index >= 15 is 0 Å². The molecule has 1 aliphatic rings. The van der Waals surface area contributed by atoms with Gasteiger partial charge < -0.3 is 15.5 Å². The number of rotatable bonds is 3. The summed E-state index contributed by atoms with van der Waals surface area (Å²) in [6.45, 7) is 2.50. The Morgan fingerprint density at radius 2 is 1.88 bits per heavy atom. The number of hydrogen-bond donors (Lipinski definition) is 2. The zero-order valence-corrected chi connectivity index (χ0v) is 11.0. The number of aliphatic imine (C=N–C) groups is 1. The number of nitrogens with one attached hydrogen (secondary N) is 2. The van der Waals surface area contributed by atoms with Crippen molar-refractivity contribution in [3.63, 3.8) is 0 Å². The van der Waals surface area contributed by atoms with Gasteiger partial charge in [0.05, 0.1) is 0 Å². The highest BCUT2D eigenvalue weighted by Gasteiger charge is 2.14. The van der Waals surface area contributed by atoms with Gasteiger partial charge in [-0.3, -0.25) is 9.79 Å². The first kappa shape index (κ1) is 13.8. The van der Waals surface area contributed by atoms with Gasteiger partial charge in [0.25, 0.3) is 0 Å². The van der Waals surface area contributed by atoms with Crippen LogP contribution < -0.4 is 10.6 Å². The Labute approximate surface area is 104 Å². The fraction of sp³-hybridized carbons (Fsp3) is 0.833. The van der Waals surface area contributed by atoms with Gasteiger partial charge in [-0.2, -0.15) is 0 Å². The third-order valence-corrected chi connectivity index (χ3v) is 3.05. The lowest BCUT2D eigenvalue weighted by Gasteiger charge is -2.20. The Balaban J connectivity index is 2.23. The summed E-state index contributed by atoms with van der Waals surface area (Å²) in [5.74, 6) is 0.986. The predicted molar refractivity (Wildman–Crippen MR) is 70.1 cm³/mol. The SMILES string of the molecule is CN=C(NC)NCCC(=O)N1CCCCCC1. The summed E-state index contributed by atoms with van der Waals surface area (Å²) in [5.41, 5.74) is 0. The second-order valence-corrected chi connectivity index (χ2v) is 4.29. The first-order chi connectivity index (χ1) is 8.27. The van der Waals surface area contributed by atoms with Gasteiger partial charge in [-0.25, -0.2) is 0 Å². The maximum Gasteiger partial charge on any atom is 0.224 e. The molecule has 1 rings (SSSR count). The molecule has 0 radical (unpaired) electrons. The van der Waals surface area contributed by atoms with E-state index in [0.717, 1.165) is 31.9 Å². The average Bonchev–Trinajstić information content (AvgIpc) is 2.63. The zero-order valence-electron chi connectivity index (χ0n) is 11.0. The van der Waals surface area contributed by atoms with Crippen LogP contribution in [0.15, 0.2) is 4.99 Å². The van der Waals surface area contributed by atoms with Crippen LogP contribution in [-0.2, 0) is 4.79 Å². The van der Waals surface area contributed by atoms with E-state index in [-0.39, 0.29) is 5.91 Å². The fourth-order valence-corrected chi connectivity index (χ4v) is 2.05. The zero-order chi connectivity index (χ0) is 12.5. The van der Waals surface area contributed by atoms with E-state index in [0.29, 0.717) is 13.0 Å². The molecule has 0 spiro atoms. The van der Waals surface area contributed by atoms with Crippen molar-refractivity contribution < 1.29 is 4.79 Å². The van der Waals surface area contributed by atoms with E-state index in [1.165, 1.54) is 12.8 Å². The molecule has 1 fully saturated rings. The van der Waals surface area contributed by atoms with Crippen LogP contribution in [0.2, 0.25) is 0 Å². The number of nitrogens with zero attached hydrogens (tertiary/aromatic N) is 2. The smallest absolute Gasteiger partial charge is 0.224 e. The summed E-state index contributed by atoms with van der Waals surface area (Å²) >= 11 is 0. The molecule has 0 bridgehead atoms. The van der Waals surface area contributed by atoms with Gasteiger partial charge in [-0.15, -0.1) is 0 Å². The molecule has 0 unspecified atom stereocenters. The van der Waals surface area contributed by atoms with Crippen LogP contribution in [0.3, 0.4) is 0 Å². The minimum atomic E-state index is 0.256. The lowest BCUT2D eigenvalue weighted by molar-refractivity contribution is -0.130. The quantitative estimate of drug-likeness (QED) is 0.560. The summed E-state index contributed by atoms with van der Waals surface area (Å²) in [4.78, 5) is 17.9. The maximum absolute atomic E-state index is 11.9. The fourth-order valence-electron chi connectivity index (χ4n) is 2.05. The molecule has 0 atom stereocenters. The molecule has 2 N–H and O–H groups in total. The highest BCUT2D eigenvalue weighted by atomic mass is 16.2. The monoisotopic (exact) mass is 240 g/mol. The Bertz CT molecular complexity index is 257. The van der Waals surface area contributed by atoms with E-state index < -0.39 is 0 Å². The first-order valence-electron chi connectivity index (χ1n) is 6.44. The Morgan fingerprint density at radius 1 is 1.24 bits per heavy atom. The van der Waals surface area contributed by atoms with Crippen molar-refractivity contribution in [3.05, 3.63) is 0 Å². The van der Waals surface area contributed by atoms with Crippen LogP contribution in [0.5, 0.6) is 0 Å². The number of guanidine groups is 1. The number of carbonyl (C=O) groups is 1. The summed E-state index contributed by atoms with van der Waals surface area (Å²) in [5, 5.41) is 6.03. The van der Waals surface area contributed by atoms with E-state index in [1.807, 2.05) is 11.9 Å². The molecule has 0 aromatic rings. The molecule has 5 heteroatoms. The molecule has 1 saturated heterocycles. The molecule has 0 aromatic carbocycles. The highest BCUT2D eigenvalue weighted by molar-refractivity contribution is 5.81.